The zero-order valence-corrected chi connectivity index (χ0v) is 21.9. The van der Waals surface area contributed by atoms with Crippen molar-refractivity contribution in [1.82, 2.24) is 9.80 Å². The molecule has 0 aliphatic carbocycles. The minimum absolute atomic E-state index is 0. The molecule has 31 heavy (non-hydrogen) atoms. The van der Waals surface area contributed by atoms with E-state index < -0.39 is 5.60 Å². The van der Waals surface area contributed by atoms with E-state index in [2.05, 4.69) is 51.3 Å². The molecule has 0 spiro atoms. The Morgan fingerprint density at radius 3 is 1.52 bits per heavy atom. The number of aliphatic hydroxyl groups is 2. The Balaban J connectivity index is -0.000000490. The van der Waals surface area contributed by atoms with E-state index in [-0.39, 0.29) is 7.43 Å². The Morgan fingerprint density at radius 2 is 1.16 bits per heavy atom. The van der Waals surface area contributed by atoms with Crippen LogP contribution in [0.1, 0.15) is 120 Å². The number of rotatable bonds is 19. The third kappa shape index (κ3) is 22.8. The lowest BCUT2D eigenvalue weighted by molar-refractivity contribution is 0.0441. The van der Waals surface area contributed by atoms with Crippen LogP contribution in [0.3, 0.4) is 0 Å². The molecule has 0 aromatic carbocycles. The minimum atomic E-state index is -0.435. The molecule has 0 bridgehead atoms. The molecule has 0 aliphatic rings. The van der Waals surface area contributed by atoms with Gasteiger partial charge in [0, 0.05) is 6.61 Å². The van der Waals surface area contributed by atoms with E-state index in [1.807, 2.05) is 6.92 Å². The van der Waals surface area contributed by atoms with Gasteiger partial charge in [-0.3, -0.25) is 0 Å². The second-order valence-corrected chi connectivity index (χ2v) is 9.02. The summed E-state index contributed by atoms with van der Waals surface area (Å²) in [5, 5.41) is 18.9. The first-order valence-corrected chi connectivity index (χ1v) is 13.1. The monoisotopic (exact) mass is 446 g/mol. The zero-order valence-electron chi connectivity index (χ0n) is 21.9. The van der Waals surface area contributed by atoms with E-state index in [0.29, 0.717) is 12.5 Å². The number of hydrogen-bond acceptors (Lipinski definition) is 4. The van der Waals surface area contributed by atoms with Gasteiger partial charge in [0.05, 0.1) is 5.60 Å². The predicted molar refractivity (Wildman–Crippen MR) is 141 cm³/mol. The summed E-state index contributed by atoms with van der Waals surface area (Å²) < 4.78 is 0. The fourth-order valence-electron chi connectivity index (χ4n) is 3.64. The van der Waals surface area contributed by atoms with Crippen LogP contribution in [0, 0.1) is 5.92 Å². The van der Waals surface area contributed by atoms with E-state index in [4.69, 9.17) is 5.11 Å². The molecule has 192 valence electrons. The summed E-state index contributed by atoms with van der Waals surface area (Å²) in [4.78, 5) is 4.93. The lowest BCUT2D eigenvalue weighted by Crippen LogP contribution is -2.24. The summed E-state index contributed by atoms with van der Waals surface area (Å²) in [5.41, 5.74) is -0.435. The van der Waals surface area contributed by atoms with Crippen molar-refractivity contribution in [2.24, 2.45) is 5.92 Å². The van der Waals surface area contributed by atoms with E-state index in [1.54, 1.807) is 0 Å². The van der Waals surface area contributed by atoms with Crippen LogP contribution in [0.15, 0.2) is 0 Å². The Labute approximate surface area is 197 Å². The maximum atomic E-state index is 9.81. The molecule has 4 heteroatoms. The van der Waals surface area contributed by atoms with Crippen molar-refractivity contribution in [3.05, 3.63) is 0 Å². The van der Waals surface area contributed by atoms with Gasteiger partial charge in [-0.25, -0.2) is 0 Å². The average molecular weight is 447 g/mol. The van der Waals surface area contributed by atoms with Crippen LogP contribution in [-0.2, 0) is 0 Å². The van der Waals surface area contributed by atoms with Gasteiger partial charge in [-0.05, 0) is 84.2 Å². The molecule has 2 atom stereocenters. The number of aliphatic hydroxyl groups excluding tert-OH is 1. The summed E-state index contributed by atoms with van der Waals surface area (Å²) in [6.45, 7) is 22.5. The van der Waals surface area contributed by atoms with Gasteiger partial charge in [0.15, 0.2) is 0 Å². The molecule has 2 N–H and O–H groups in total. The standard InChI is InChI=1S/2C13H29NO.CH4/c1-5-13(4,15)11-9-8-10-12-14(6-2)7-3;1-4-13(12-15)10-8-7-9-11-14(5-2)6-3;/h15H,5-12H2,1-4H3;13,15H,4-12H2,1-3H3;1H4. The second kappa shape index (κ2) is 24.5. The molecule has 0 radical (unpaired) electrons. The highest BCUT2D eigenvalue weighted by Crippen LogP contribution is 2.17. The van der Waals surface area contributed by atoms with E-state index in [1.165, 1.54) is 64.7 Å². The van der Waals surface area contributed by atoms with Gasteiger partial charge >= 0.3 is 0 Å². The molecule has 0 heterocycles. The number of hydrogen-bond donors (Lipinski definition) is 2. The SMILES string of the molecule is C.CCC(CO)CCCCCN(CC)CC.CCN(CC)CCCCCC(C)(O)CC. The third-order valence-corrected chi connectivity index (χ3v) is 6.66. The van der Waals surface area contributed by atoms with Gasteiger partial charge in [-0.2, -0.15) is 0 Å². The molecule has 2 unspecified atom stereocenters. The first-order valence-electron chi connectivity index (χ1n) is 13.1. The highest BCUT2D eigenvalue weighted by molar-refractivity contribution is 4.69. The molecule has 0 aromatic heterocycles. The Morgan fingerprint density at radius 1 is 0.710 bits per heavy atom. The molecular formula is C27H62N2O2. The molecule has 0 fully saturated rings. The van der Waals surface area contributed by atoms with Gasteiger partial charge in [-0.15, -0.1) is 0 Å². The van der Waals surface area contributed by atoms with Crippen LogP contribution >= 0.6 is 0 Å². The van der Waals surface area contributed by atoms with Crippen molar-refractivity contribution in [2.75, 3.05) is 45.9 Å². The van der Waals surface area contributed by atoms with Crippen molar-refractivity contribution < 1.29 is 10.2 Å². The first kappa shape index (κ1) is 35.4. The van der Waals surface area contributed by atoms with Crippen LogP contribution in [0.5, 0.6) is 0 Å². The zero-order chi connectivity index (χ0) is 23.3. The van der Waals surface area contributed by atoms with Gasteiger partial charge < -0.3 is 20.0 Å². The van der Waals surface area contributed by atoms with Crippen molar-refractivity contribution in [3.8, 4) is 0 Å². The molecule has 0 aliphatic heterocycles. The van der Waals surface area contributed by atoms with Gasteiger partial charge in [-0.1, -0.05) is 81.1 Å². The number of nitrogens with zero attached hydrogens (tertiary/aromatic N) is 2. The van der Waals surface area contributed by atoms with Crippen molar-refractivity contribution >= 4 is 0 Å². The van der Waals surface area contributed by atoms with Crippen LogP contribution in [0.25, 0.3) is 0 Å². The van der Waals surface area contributed by atoms with Crippen molar-refractivity contribution in [3.63, 3.8) is 0 Å². The first-order chi connectivity index (χ1) is 14.3. The summed E-state index contributed by atoms with van der Waals surface area (Å²) in [5.74, 6) is 0.540. The molecule has 0 amide bonds. The molecule has 0 rings (SSSR count). The van der Waals surface area contributed by atoms with Crippen LogP contribution < -0.4 is 0 Å². The fraction of sp³-hybridized carbons (Fsp3) is 1.00. The highest BCUT2D eigenvalue weighted by atomic mass is 16.3. The minimum Gasteiger partial charge on any atom is -0.396 e. The third-order valence-electron chi connectivity index (χ3n) is 6.66. The van der Waals surface area contributed by atoms with E-state index in [9.17, 15) is 5.11 Å². The van der Waals surface area contributed by atoms with Gasteiger partial charge in [0.1, 0.15) is 0 Å². The highest BCUT2D eigenvalue weighted by Gasteiger charge is 2.16. The topological polar surface area (TPSA) is 46.9 Å². The second-order valence-electron chi connectivity index (χ2n) is 9.02. The molecule has 0 aromatic rings. The van der Waals surface area contributed by atoms with Crippen LogP contribution in [0.2, 0.25) is 0 Å². The normalized spacial score (nSPS) is 14.0. The smallest absolute Gasteiger partial charge is 0.0617 e. The van der Waals surface area contributed by atoms with Gasteiger partial charge in [0.2, 0.25) is 0 Å². The maximum Gasteiger partial charge on any atom is 0.0617 e. The Bertz CT molecular complexity index is 311. The lowest BCUT2D eigenvalue weighted by atomic mass is 9.96. The van der Waals surface area contributed by atoms with Crippen molar-refractivity contribution in [2.45, 2.75) is 126 Å². The Kier molecular flexibility index (Phi) is 28.0. The lowest BCUT2D eigenvalue weighted by Gasteiger charge is -2.21. The van der Waals surface area contributed by atoms with Crippen molar-refractivity contribution in [1.29, 1.82) is 0 Å². The molecule has 0 saturated carbocycles. The summed E-state index contributed by atoms with van der Waals surface area (Å²) in [7, 11) is 0. The predicted octanol–water partition coefficient (Wildman–Crippen LogP) is 6.59. The van der Waals surface area contributed by atoms with Gasteiger partial charge in [0.25, 0.3) is 0 Å². The average Bonchev–Trinajstić information content (AvgIpc) is 2.76. The van der Waals surface area contributed by atoms with E-state index in [0.717, 1.165) is 38.8 Å². The van der Waals surface area contributed by atoms with E-state index >= 15 is 0 Å². The fourth-order valence-corrected chi connectivity index (χ4v) is 3.64. The molecule has 4 nitrogen and oxygen atoms in total. The summed E-state index contributed by atoms with van der Waals surface area (Å²) in [6, 6.07) is 0. The maximum absolute atomic E-state index is 9.81. The Hall–Kier alpha value is -0.160. The summed E-state index contributed by atoms with van der Waals surface area (Å²) in [6.07, 6.45) is 11.7. The summed E-state index contributed by atoms with van der Waals surface area (Å²) >= 11 is 0. The molecule has 0 saturated heterocycles. The quantitative estimate of drug-likeness (QED) is 0.220. The van der Waals surface area contributed by atoms with Crippen LogP contribution in [0.4, 0.5) is 0 Å². The molecular weight excluding hydrogens is 384 g/mol. The largest absolute Gasteiger partial charge is 0.396 e. The van der Waals surface area contributed by atoms with Crippen LogP contribution in [-0.4, -0.2) is 71.5 Å². The number of unbranched alkanes of at least 4 members (excludes halogenated alkanes) is 4.